The molecule has 3 nitrogen and oxygen atoms in total. The number of nitrogens with one attached hydrogen (secondary N) is 2. The maximum atomic E-state index is 12.8. The van der Waals surface area contributed by atoms with Crippen LogP contribution in [-0.4, -0.2) is 25.0 Å². The average molecular weight is 270 g/mol. The standard InChI is InChI=1S/C13H13F3N2O/c14-13(15,16)10-4-2-1-3-7(10)12(19)18-11-8-5-17-6-9(8)11/h1-4,8-9,11,17H,5-6H2,(H,18,19). The molecule has 1 aromatic rings. The first kappa shape index (κ1) is 12.5. The smallest absolute Gasteiger partial charge is 0.349 e. The SMILES string of the molecule is O=C(NC1C2CNCC21)c1ccccc1C(F)(F)F. The van der Waals surface area contributed by atoms with Gasteiger partial charge in [-0.2, -0.15) is 13.2 Å². The predicted octanol–water partition coefficient (Wildman–Crippen LogP) is 1.65. The molecule has 0 aromatic heterocycles. The molecule has 1 aliphatic heterocycles. The van der Waals surface area contributed by atoms with Gasteiger partial charge in [0.1, 0.15) is 0 Å². The van der Waals surface area contributed by atoms with Gasteiger partial charge in [-0.15, -0.1) is 0 Å². The summed E-state index contributed by atoms with van der Waals surface area (Å²) in [4.78, 5) is 12.0. The Morgan fingerprint density at radius 2 is 1.84 bits per heavy atom. The van der Waals surface area contributed by atoms with Crippen LogP contribution in [0.25, 0.3) is 0 Å². The Balaban J connectivity index is 1.77. The molecule has 19 heavy (non-hydrogen) atoms. The van der Waals surface area contributed by atoms with E-state index < -0.39 is 17.6 Å². The molecule has 1 heterocycles. The molecule has 1 saturated carbocycles. The summed E-state index contributed by atoms with van der Waals surface area (Å²) in [5.41, 5.74) is -1.18. The monoisotopic (exact) mass is 270 g/mol. The summed E-state index contributed by atoms with van der Waals surface area (Å²) in [5, 5.41) is 5.87. The number of halogens is 3. The topological polar surface area (TPSA) is 41.1 Å². The van der Waals surface area contributed by atoms with Crippen LogP contribution >= 0.6 is 0 Å². The van der Waals surface area contributed by atoms with Crippen LogP contribution in [0.1, 0.15) is 15.9 Å². The molecule has 1 amide bonds. The normalized spacial score (nSPS) is 28.9. The van der Waals surface area contributed by atoms with Gasteiger partial charge in [-0.25, -0.2) is 0 Å². The molecule has 1 aromatic carbocycles. The van der Waals surface area contributed by atoms with Crippen LogP contribution in [0.2, 0.25) is 0 Å². The van der Waals surface area contributed by atoms with Gasteiger partial charge in [0.2, 0.25) is 0 Å². The summed E-state index contributed by atoms with van der Waals surface area (Å²) in [6.07, 6.45) is -4.51. The van der Waals surface area contributed by atoms with E-state index in [9.17, 15) is 18.0 Å². The Hall–Kier alpha value is -1.56. The van der Waals surface area contributed by atoms with Crippen molar-refractivity contribution in [2.75, 3.05) is 13.1 Å². The molecule has 1 saturated heterocycles. The molecule has 2 N–H and O–H groups in total. The lowest BCUT2D eigenvalue weighted by molar-refractivity contribution is -0.137. The number of rotatable bonds is 2. The molecule has 2 fully saturated rings. The fraction of sp³-hybridized carbons (Fsp3) is 0.462. The number of alkyl halides is 3. The van der Waals surface area contributed by atoms with Gasteiger partial charge >= 0.3 is 6.18 Å². The predicted molar refractivity (Wildman–Crippen MR) is 62.5 cm³/mol. The summed E-state index contributed by atoms with van der Waals surface area (Å²) >= 11 is 0. The number of carbonyl (C=O) groups excluding carboxylic acids is 1. The van der Waals surface area contributed by atoms with Gasteiger partial charge in [0.15, 0.2) is 0 Å². The van der Waals surface area contributed by atoms with E-state index in [1.807, 2.05) is 0 Å². The van der Waals surface area contributed by atoms with Crippen LogP contribution in [0.15, 0.2) is 24.3 Å². The highest BCUT2D eigenvalue weighted by Gasteiger charge is 2.53. The second-order valence-electron chi connectivity index (χ2n) is 5.03. The summed E-state index contributed by atoms with van der Waals surface area (Å²) in [7, 11) is 0. The van der Waals surface area contributed by atoms with Crippen molar-refractivity contribution in [3.8, 4) is 0 Å². The van der Waals surface area contributed by atoms with Crippen molar-refractivity contribution in [1.29, 1.82) is 0 Å². The molecular weight excluding hydrogens is 257 g/mol. The summed E-state index contributed by atoms with van der Waals surface area (Å²) in [5.74, 6) is 0.122. The highest BCUT2D eigenvalue weighted by Crippen LogP contribution is 2.42. The lowest BCUT2D eigenvalue weighted by Crippen LogP contribution is -2.33. The van der Waals surface area contributed by atoms with Crippen LogP contribution in [0, 0.1) is 11.8 Å². The van der Waals surface area contributed by atoms with Gasteiger partial charge in [-0.3, -0.25) is 4.79 Å². The van der Waals surface area contributed by atoms with Gasteiger partial charge in [0.25, 0.3) is 5.91 Å². The zero-order valence-electron chi connectivity index (χ0n) is 10.00. The minimum Gasteiger partial charge on any atom is -0.349 e. The number of fused-ring (bicyclic) bond motifs is 1. The van der Waals surface area contributed by atoms with Gasteiger partial charge in [0, 0.05) is 19.1 Å². The van der Waals surface area contributed by atoms with Crippen LogP contribution in [0.3, 0.4) is 0 Å². The van der Waals surface area contributed by atoms with Crippen LogP contribution in [0.5, 0.6) is 0 Å². The quantitative estimate of drug-likeness (QED) is 0.858. The van der Waals surface area contributed by atoms with Crippen LogP contribution in [-0.2, 0) is 6.18 Å². The molecule has 6 heteroatoms. The minimum absolute atomic E-state index is 0.0232. The molecule has 0 radical (unpaired) electrons. The van der Waals surface area contributed by atoms with Crippen molar-refractivity contribution in [3.63, 3.8) is 0 Å². The Kier molecular flexibility index (Phi) is 2.78. The largest absolute Gasteiger partial charge is 0.417 e. The molecule has 2 atom stereocenters. The molecular formula is C13H13F3N2O. The van der Waals surface area contributed by atoms with E-state index in [1.165, 1.54) is 18.2 Å². The number of amides is 1. The molecule has 0 bridgehead atoms. The number of hydrogen-bond acceptors (Lipinski definition) is 2. The molecule has 3 rings (SSSR count). The third-order valence-electron chi connectivity index (χ3n) is 3.87. The second kappa shape index (κ2) is 4.23. The van der Waals surface area contributed by atoms with E-state index in [1.54, 1.807) is 0 Å². The van der Waals surface area contributed by atoms with Crippen molar-refractivity contribution < 1.29 is 18.0 Å². The zero-order valence-corrected chi connectivity index (χ0v) is 10.00. The lowest BCUT2D eigenvalue weighted by atomic mass is 10.1. The highest BCUT2D eigenvalue weighted by atomic mass is 19.4. The number of benzene rings is 1. The number of hydrogen-bond donors (Lipinski definition) is 2. The third-order valence-corrected chi connectivity index (χ3v) is 3.87. The summed E-state index contributed by atoms with van der Waals surface area (Å²) in [6.45, 7) is 1.66. The first-order valence-corrected chi connectivity index (χ1v) is 6.16. The molecule has 0 spiro atoms. The maximum Gasteiger partial charge on any atom is 0.417 e. The van der Waals surface area contributed by atoms with Crippen LogP contribution < -0.4 is 10.6 Å². The Labute approximate surface area is 108 Å². The summed E-state index contributed by atoms with van der Waals surface area (Å²) < 4.78 is 38.4. The Morgan fingerprint density at radius 3 is 2.47 bits per heavy atom. The van der Waals surface area contributed by atoms with E-state index in [4.69, 9.17) is 0 Å². The van der Waals surface area contributed by atoms with Crippen LogP contribution in [0.4, 0.5) is 13.2 Å². The molecule has 1 aliphatic carbocycles. The van der Waals surface area contributed by atoms with E-state index >= 15 is 0 Å². The fourth-order valence-electron chi connectivity index (χ4n) is 2.79. The van der Waals surface area contributed by atoms with Gasteiger partial charge in [0.05, 0.1) is 11.1 Å². The average Bonchev–Trinajstić information content (AvgIpc) is 2.81. The summed E-state index contributed by atoms with van der Waals surface area (Å²) in [6, 6.07) is 4.91. The van der Waals surface area contributed by atoms with Gasteiger partial charge in [-0.05, 0) is 24.0 Å². The minimum atomic E-state index is -4.51. The van der Waals surface area contributed by atoms with Gasteiger partial charge < -0.3 is 10.6 Å². The van der Waals surface area contributed by atoms with E-state index in [0.717, 1.165) is 19.2 Å². The Morgan fingerprint density at radius 1 is 1.21 bits per heavy atom. The molecule has 102 valence electrons. The second-order valence-corrected chi connectivity index (χ2v) is 5.03. The third kappa shape index (κ3) is 2.20. The van der Waals surface area contributed by atoms with Crippen molar-refractivity contribution in [1.82, 2.24) is 10.6 Å². The van der Waals surface area contributed by atoms with E-state index in [-0.39, 0.29) is 11.6 Å². The van der Waals surface area contributed by atoms with Crippen molar-refractivity contribution in [2.24, 2.45) is 11.8 Å². The Bertz CT molecular complexity index is 505. The maximum absolute atomic E-state index is 12.8. The van der Waals surface area contributed by atoms with E-state index in [0.29, 0.717) is 11.8 Å². The van der Waals surface area contributed by atoms with Gasteiger partial charge in [-0.1, -0.05) is 12.1 Å². The lowest BCUT2D eigenvalue weighted by Gasteiger charge is -2.13. The first-order valence-electron chi connectivity index (χ1n) is 6.16. The molecule has 2 unspecified atom stereocenters. The highest BCUT2D eigenvalue weighted by molar-refractivity contribution is 5.96. The number of piperidine rings is 1. The first-order chi connectivity index (χ1) is 8.98. The zero-order chi connectivity index (χ0) is 13.6. The van der Waals surface area contributed by atoms with Crippen molar-refractivity contribution in [3.05, 3.63) is 35.4 Å². The van der Waals surface area contributed by atoms with E-state index in [2.05, 4.69) is 10.6 Å². The fourth-order valence-corrected chi connectivity index (χ4v) is 2.79. The molecule has 2 aliphatic rings. The van der Waals surface area contributed by atoms with Crippen molar-refractivity contribution >= 4 is 5.91 Å². The van der Waals surface area contributed by atoms with Crippen molar-refractivity contribution in [2.45, 2.75) is 12.2 Å². The number of carbonyl (C=O) groups is 1.